The molecule has 1 amide bonds. The molecule has 0 spiro atoms. The van der Waals surface area contributed by atoms with Gasteiger partial charge < -0.3 is 15.1 Å². The van der Waals surface area contributed by atoms with Crippen molar-refractivity contribution in [2.45, 2.75) is 25.9 Å². The van der Waals surface area contributed by atoms with Gasteiger partial charge >= 0.3 is 0 Å². The van der Waals surface area contributed by atoms with E-state index in [0.29, 0.717) is 6.54 Å². The summed E-state index contributed by atoms with van der Waals surface area (Å²) in [6.07, 6.45) is 0. The first kappa shape index (κ1) is 18.3. The summed E-state index contributed by atoms with van der Waals surface area (Å²) in [5.74, 6) is 0.775. The van der Waals surface area contributed by atoms with Crippen molar-refractivity contribution in [2.75, 3.05) is 6.54 Å². The van der Waals surface area contributed by atoms with Gasteiger partial charge in [-0.3, -0.25) is 4.79 Å². The van der Waals surface area contributed by atoms with Gasteiger partial charge in [-0.05, 0) is 36.8 Å². The Morgan fingerprint density at radius 1 is 0.964 bits per heavy atom. The molecule has 2 atom stereocenters. The maximum absolute atomic E-state index is 12.5. The fourth-order valence-electron chi connectivity index (χ4n) is 3.65. The Labute approximate surface area is 164 Å². The number of carbonyl (C=O) groups is 1. The van der Waals surface area contributed by atoms with Crippen molar-refractivity contribution >= 4 is 27.6 Å². The van der Waals surface area contributed by atoms with Crippen molar-refractivity contribution in [1.29, 1.82) is 0 Å². The molecule has 4 nitrogen and oxygen atoms in total. The van der Waals surface area contributed by atoms with Gasteiger partial charge in [0.25, 0.3) is 5.91 Å². The Balaban J connectivity index is 1.38. The number of amides is 1. The molecule has 0 unspecified atom stereocenters. The van der Waals surface area contributed by atoms with E-state index in [1.54, 1.807) is 0 Å². The van der Waals surface area contributed by atoms with Crippen LogP contribution in [0, 0.1) is 0 Å². The topological polar surface area (TPSA) is 58.9 Å². The molecular formula is C24H25N2O2+. The van der Waals surface area contributed by atoms with E-state index in [4.69, 9.17) is 4.42 Å². The molecule has 4 heteroatoms. The molecular weight excluding hydrogens is 348 g/mol. The number of carbonyl (C=O) groups excluding carboxylic acids is 1. The highest BCUT2D eigenvalue weighted by Gasteiger charge is 2.17. The first-order valence-corrected chi connectivity index (χ1v) is 9.70. The minimum Gasteiger partial charge on any atom is -0.459 e. The molecule has 0 aliphatic rings. The molecule has 0 saturated carbocycles. The van der Waals surface area contributed by atoms with Gasteiger partial charge in [0.15, 0.2) is 6.54 Å². The lowest BCUT2D eigenvalue weighted by molar-refractivity contribution is -0.682. The smallest absolute Gasteiger partial charge is 0.275 e. The van der Waals surface area contributed by atoms with Crippen molar-refractivity contribution in [1.82, 2.24) is 5.32 Å². The van der Waals surface area contributed by atoms with E-state index in [0.717, 1.165) is 16.7 Å². The summed E-state index contributed by atoms with van der Waals surface area (Å²) in [4.78, 5) is 12.5. The van der Waals surface area contributed by atoms with Gasteiger partial charge in [0.1, 0.15) is 17.4 Å². The predicted molar refractivity (Wildman–Crippen MR) is 112 cm³/mol. The molecule has 1 aromatic heterocycles. The first-order chi connectivity index (χ1) is 13.6. The maximum Gasteiger partial charge on any atom is 0.275 e. The van der Waals surface area contributed by atoms with Gasteiger partial charge in [-0.15, -0.1) is 0 Å². The highest BCUT2D eigenvalue weighted by molar-refractivity contribution is 5.86. The van der Waals surface area contributed by atoms with Gasteiger partial charge in [0.2, 0.25) is 0 Å². The summed E-state index contributed by atoms with van der Waals surface area (Å²) in [7, 11) is 0. The zero-order valence-electron chi connectivity index (χ0n) is 16.2. The summed E-state index contributed by atoms with van der Waals surface area (Å²) in [6, 6.07) is 24.6. The molecule has 0 bridgehead atoms. The normalized spacial score (nSPS) is 13.5. The Hall–Kier alpha value is -3.11. The van der Waals surface area contributed by atoms with E-state index in [2.05, 4.69) is 54.0 Å². The van der Waals surface area contributed by atoms with Crippen LogP contribution in [0.4, 0.5) is 0 Å². The van der Waals surface area contributed by atoms with Gasteiger partial charge in [0.05, 0.1) is 6.04 Å². The van der Waals surface area contributed by atoms with Crippen LogP contribution >= 0.6 is 0 Å². The third-order valence-corrected chi connectivity index (χ3v) is 5.22. The summed E-state index contributed by atoms with van der Waals surface area (Å²) >= 11 is 0. The lowest BCUT2D eigenvalue weighted by atomic mass is 10.00. The lowest BCUT2D eigenvalue weighted by Gasteiger charge is -2.15. The third-order valence-electron chi connectivity index (χ3n) is 5.22. The molecule has 28 heavy (non-hydrogen) atoms. The molecule has 4 aromatic rings. The quantitative estimate of drug-likeness (QED) is 0.535. The lowest BCUT2D eigenvalue weighted by Crippen LogP contribution is -2.87. The van der Waals surface area contributed by atoms with Crippen molar-refractivity contribution in [3.8, 4) is 0 Å². The standard InChI is InChI=1S/C24H24N2O2/c1-16(20-12-7-10-18-8-3-5-11-21(18)20)25-15-24(27)26-17(2)23-14-19-9-4-6-13-22(19)28-23/h3-14,16-17,25H,15H2,1-2H3,(H,26,27)/p+1/t16-,17+/m1/s1. The minimum atomic E-state index is -0.166. The van der Waals surface area contributed by atoms with Crippen LogP contribution in [-0.4, -0.2) is 12.5 Å². The van der Waals surface area contributed by atoms with Gasteiger partial charge in [-0.25, -0.2) is 0 Å². The minimum absolute atomic E-state index is 0.0000396. The Morgan fingerprint density at radius 2 is 1.68 bits per heavy atom. The van der Waals surface area contributed by atoms with Crippen LogP contribution in [0.25, 0.3) is 21.7 Å². The van der Waals surface area contributed by atoms with Crippen LogP contribution < -0.4 is 10.6 Å². The molecule has 3 aromatic carbocycles. The highest BCUT2D eigenvalue weighted by Crippen LogP contribution is 2.24. The van der Waals surface area contributed by atoms with E-state index in [1.165, 1.54) is 16.3 Å². The third kappa shape index (κ3) is 3.78. The van der Waals surface area contributed by atoms with Gasteiger partial charge in [-0.1, -0.05) is 60.7 Å². The summed E-state index contributed by atoms with van der Waals surface area (Å²) in [5, 5.41) is 8.63. The summed E-state index contributed by atoms with van der Waals surface area (Å²) in [6.45, 7) is 4.45. The molecule has 4 rings (SSSR count). The number of furan rings is 1. The molecule has 0 aliphatic carbocycles. The van der Waals surface area contributed by atoms with Crippen LogP contribution in [0.5, 0.6) is 0 Å². The highest BCUT2D eigenvalue weighted by atomic mass is 16.3. The SMILES string of the molecule is C[C@H](NC(=O)C[NH2+][C@H](C)c1cccc2ccccc12)c1cc2ccccc2o1. The van der Waals surface area contributed by atoms with Crippen LogP contribution in [0.3, 0.4) is 0 Å². The van der Waals surface area contributed by atoms with E-state index in [-0.39, 0.29) is 18.0 Å². The van der Waals surface area contributed by atoms with Crippen molar-refractivity contribution < 1.29 is 14.5 Å². The van der Waals surface area contributed by atoms with E-state index in [9.17, 15) is 4.79 Å². The molecule has 3 N–H and O–H groups in total. The number of benzene rings is 3. The van der Waals surface area contributed by atoms with Crippen molar-refractivity contribution in [2.24, 2.45) is 0 Å². The Kier molecular flexibility index (Phi) is 5.13. The Morgan fingerprint density at radius 3 is 2.50 bits per heavy atom. The average molecular weight is 373 g/mol. The number of hydrogen-bond acceptors (Lipinski definition) is 2. The second kappa shape index (κ2) is 7.87. The summed E-state index contributed by atoms with van der Waals surface area (Å²) in [5.41, 5.74) is 2.09. The van der Waals surface area contributed by atoms with E-state index >= 15 is 0 Å². The number of quaternary nitrogens is 1. The van der Waals surface area contributed by atoms with Crippen LogP contribution in [0.15, 0.2) is 77.2 Å². The fraction of sp³-hybridized carbons (Fsp3) is 0.208. The monoisotopic (exact) mass is 373 g/mol. The first-order valence-electron chi connectivity index (χ1n) is 9.70. The number of para-hydroxylation sites is 1. The van der Waals surface area contributed by atoms with Crippen LogP contribution in [0.1, 0.15) is 37.3 Å². The number of nitrogens with two attached hydrogens (primary N) is 1. The molecule has 0 aliphatic heterocycles. The number of hydrogen-bond donors (Lipinski definition) is 2. The molecule has 142 valence electrons. The largest absolute Gasteiger partial charge is 0.459 e. The van der Waals surface area contributed by atoms with Crippen LogP contribution in [-0.2, 0) is 4.79 Å². The molecule has 0 radical (unpaired) electrons. The van der Waals surface area contributed by atoms with E-state index in [1.807, 2.05) is 43.3 Å². The number of rotatable bonds is 6. The second-order valence-electron chi connectivity index (χ2n) is 7.27. The fourth-order valence-corrected chi connectivity index (χ4v) is 3.65. The van der Waals surface area contributed by atoms with Gasteiger partial charge in [0, 0.05) is 10.9 Å². The average Bonchev–Trinajstić information content (AvgIpc) is 3.16. The molecule has 0 saturated heterocycles. The second-order valence-corrected chi connectivity index (χ2v) is 7.27. The molecule has 1 heterocycles. The number of nitrogens with one attached hydrogen (secondary N) is 1. The zero-order valence-corrected chi connectivity index (χ0v) is 16.2. The van der Waals surface area contributed by atoms with E-state index < -0.39 is 0 Å². The predicted octanol–water partition coefficient (Wildman–Crippen LogP) is 4.09. The Bertz CT molecular complexity index is 1080. The number of fused-ring (bicyclic) bond motifs is 2. The maximum atomic E-state index is 12.5. The van der Waals surface area contributed by atoms with Crippen LogP contribution in [0.2, 0.25) is 0 Å². The zero-order chi connectivity index (χ0) is 19.5. The van der Waals surface area contributed by atoms with Crippen molar-refractivity contribution in [3.63, 3.8) is 0 Å². The summed E-state index contributed by atoms with van der Waals surface area (Å²) < 4.78 is 5.85. The van der Waals surface area contributed by atoms with Crippen molar-refractivity contribution in [3.05, 3.63) is 84.1 Å². The molecule has 0 fully saturated rings. The van der Waals surface area contributed by atoms with Gasteiger partial charge in [-0.2, -0.15) is 0 Å².